The van der Waals surface area contributed by atoms with Crippen molar-refractivity contribution in [1.82, 2.24) is 5.09 Å². The van der Waals surface area contributed by atoms with Crippen molar-refractivity contribution in [2.45, 2.75) is 19.4 Å². The van der Waals surface area contributed by atoms with Gasteiger partial charge in [0.1, 0.15) is 6.61 Å². The van der Waals surface area contributed by atoms with Gasteiger partial charge >= 0.3 is 18.1 Å². The molecule has 1 aromatic rings. The third-order valence-electron chi connectivity index (χ3n) is 2.22. The van der Waals surface area contributed by atoms with Crippen LogP contribution in [0.4, 0.5) is 4.79 Å². The standard InChI is InChI=1S/C12H14Cl2NO5P/c13-21(14,18)15-12(17)19-8-4-7-11(16)20-9-10-5-2-1-3-6-10/h1-3,5-6H,4,7-9H2,(H,15,17,18). The van der Waals surface area contributed by atoms with E-state index in [4.69, 9.17) is 27.2 Å². The highest BCUT2D eigenvalue weighted by Gasteiger charge is 2.18. The molecular weight excluding hydrogens is 340 g/mol. The largest absolute Gasteiger partial charge is 0.461 e. The highest BCUT2D eigenvalue weighted by Crippen LogP contribution is 2.52. The molecule has 0 aromatic heterocycles. The van der Waals surface area contributed by atoms with Crippen molar-refractivity contribution in [1.29, 1.82) is 0 Å². The van der Waals surface area contributed by atoms with Crippen LogP contribution in [0.3, 0.4) is 0 Å². The Morgan fingerprint density at radius 1 is 1.14 bits per heavy atom. The third kappa shape index (κ3) is 9.34. The molecular formula is C12H14Cl2NO5P. The van der Waals surface area contributed by atoms with Gasteiger partial charge in [0.15, 0.2) is 0 Å². The van der Waals surface area contributed by atoms with Gasteiger partial charge in [-0.25, -0.2) is 9.88 Å². The Labute approximate surface area is 131 Å². The smallest absolute Gasteiger partial charge is 0.414 e. The molecule has 1 aromatic carbocycles. The van der Waals surface area contributed by atoms with Gasteiger partial charge in [0.05, 0.1) is 6.61 Å². The van der Waals surface area contributed by atoms with E-state index in [1.54, 1.807) is 5.09 Å². The summed E-state index contributed by atoms with van der Waals surface area (Å²) in [7, 11) is 0. The predicted molar refractivity (Wildman–Crippen MR) is 79.3 cm³/mol. The van der Waals surface area contributed by atoms with Crippen molar-refractivity contribution in [3.63, 3.8) is 0 Å². The van der Waals surface area contributed by atoms with Gasteiger partial charge < -0.3 is 9.47 Å². The maximum absolute atomic E-state index is 11.4. The van der Waals surface area contributed by atoms with Crippen LogP contribution < -0.4 is 5.09 Å². The van der Waals surface area contributed by atoms with Crippen LogP contribution in [0.5, 0.6) is 0 Å². The monoisotopic (exact) mass is 353 g/mol. The molecule has 0 aliphatic carbocycles. The van der Waals surface area contributed by atoms with Crippen molar-refractivity contribution in [3.05, 3.63) is 35.9 Å². The minimum atomic E-state index is -3.71. The predicted octanol–water partition coefficient (Wildman–Crippen LogP) is 3.82. The first-order valence-electron chi connectivity index (χ1n) is 6.01. The van der Waals surface area contributed by atoms with Gasteiger partial charge in [0, 0.05) is 6.42 Å². The van der Waals surface area contributed by atoms with E-state index in [9.17, 15) is 14.2 Å². The Morgan fingerprint density at radius 3 is 2.43 bits per heavy atom. The number of esters is 1. The number of amides is 1. The van der Waals surface area contributed by atoms with E-state index in [0.29, 0.717) is 0 Å². The summed E-state index contributed by atoms with van der Waals surface area (Å²) < 4.78 is 20.5. The Morgan fingerprint density at radius 2 is 1.81 bits per heavy atom. The molecule has 1 amide bonds. The molecule has 0 aliphatic heterocycles. The lowest BCUT2D eigenvalue weighted by molar-refractivity contribution is -0.145. The molecule has 9 heteroatoms. The van der Waals surface area contributed by atoms with Crippen LogP contribution in [-0.4, -0.2) is 18.7 Å². The van der Waals surface area contributed by atoms with Crippen LogP contribution in [0.2, 0.25) is 0 Å². The molecule has 1 rings (SSSR count). The molecule has 1 N–H and O–H groups in total. The van der Waals surface area contributed by atoms with Crippen LogP contribution in [0.1, 0.15) is 18.4 Å². The Balaban J connectivity index is 2.11. The van der Waals surface area contributed by atoms with Gasteiger partial charge in [0.2, 0.25) is 0 Å². The second-order valence-electron chi connectivity index (χ2n) is 3.96. The van der Waals surface area contributed by atoms with Gasteiger partial charge in [-0.15, -0.1) is 0 Å². The summed E-state index contributed by atoms with van der Waals surface area (Å²) in [6, 6.07) is 9.26. The van der Waals surface area contributed by atoms with Crippen LogP contribution in [0.15, 0.2) is 30.3 Å². The lowest BCUT2D eigenvalue weighted by atomic mass is 10.2. The van der Waals surface area contributed by atoms with Gasteiger partial charge in [0.25, 0.3) is 0 Å². The zero-order valence-corrected chi connectivity index (χ0v) is 13.4. The minimum Gasteiger partial charge on any atom is -0.461 e. The molecule has 6 nitrogen and oxygen atoms in total. The van der Waals surface area contributed by atoms with Crippen LogP contribution in [0.25, 0.3) is 0 Å². The number of carbonyl (C=O) groups excluding carboxylic acids is 2. The summed E-state index contributed by atoms with van der Waals surface area (Å²) in [5, 5.41) is 1.76. The first-order chi connectivity index (χ1) is 9.87. The van der Waals surface area contributed by atoms with Crippen LogP contribution >= 0.6 is 28.5 Å². The molecule has 0 spiro atoms. The summed E-state index contributed by atoms with van der Waals surface area (Å²) in [5.41, 5.74) is 0.890. The quantitative estimate of drug-likeness (QED) is 0.457. The van der Waals surface area contributed by atoms with E-state index in [1.165, 1.54) is 0 Å². The van der Waals surface area contributed by atoms with Gasteiger partial charge in [-0.05, 0) is 34.5 Å². The van der Waals surface area contributed by atoms with Gasteiger partial charge in [-0.2, -0.15) is 0 Å². The highest BCUT2D eigenvalue weighted by atomic mass is 35.9. The molecule has 0 atom stereocenters. The summed E-state index contributed by atoms with van der Waals surface area (Å²) in [5.74, 6) is -4.11. The molecule has 0 radical (unpaired) electrons. The van der Waals surface area contributed by atoms with E-state index < -0.39 is 18.1 Å². The molecule has 0 bridgehead atoms. The normalized spacial score (nSPS) is 10.8. The van der Waals surface area contributed by atoms with Crippen molar-refractivity contribution < 1.29 is 23.6 Å². The summed E-state index contributed by atoms with van der Waals surface area (Å²) in [6.45, 7) is 0.155. The Kier molecular flexibility index (Phi) is 7.57. The average Bonchev–Trinajstić information content (AvgIpc) is 2.40. The summed E-state index contributed by atoms with van der Waals surface area (Å²) in [6.07, 6.45) is -0.629. The molecule has 0 saturated heterocycles. The minimum absolute atomic E-state index is 0.0416. The SMILES string of the molecule is O=C(CCCOC(=O)NP(=O)(Cl)Cl)OCc1ccccc1. The average molecular weight is 354 g/mol. The van der Waals surface area contributed by atoms with E-state index in [0.717, 1.165) is 5.56 Å². The maximum Gasteiger partial charge on any atom is 0.414 e. The molecule has 0 saturated carbocycles. The molecule has 116 valence electrons. The van der Waals surface area contributed by atoms with Crippen molar-refractivity contribution in [2.24, 2.45) is 0 Å². The maximum atomic E-state index is 11.4. The van der Waals surface area contributed by atoms with E-state index in [1.807, 2.05) is 30.3 Å². The molecule has 21 heavy (non-hydrogen) atoms. The second kappa shape index (κ2) is 8.93. The van der Waals surface area contributed by atoms with Gasteiger partial charge in [-0.1, -0.05) is 30.3 Å². The molecule has 0 fully saturated rings. The molecule has 0 heterocycles. The lowest BCUT2D eigenvalue weighted by Gasteiger charge is -2.07. The second-order valence-corrected chi connectivity index (χ2v) is 8.48. The van der Waals surface area contributed by atoms with E-state index >= 15 is 0 Å². The van der Waals surface area contributed by atoms with Gasteiger partial charge in [-0.3, -0.25) is 9.36 Å². The summed E-state index contributed by atoms with van der Waals surface area (Å²) >= 11 is 10.3. The number of hydrogen-bond donors (Lipinski definition) is 1. The number of carbonyl (C=O) groups is 2. The molecule has 0 unspecified atom stereocenters. The van der Waals surface area contributed by atoms with Crippen LogP contribution in [0, 0.1) is 0 Å². The Hall–Kier alpha value is -1.23. The fraction of sp³-hybridized carbons (Fsp3) is 0.333. The number of halogens is 2. The topological polar surface area (TPSA) is 81.7 Å². The molecule has 0 aliphatic rings. The van der Waals surface area contributed by atoms with Crippen LogP contribution in [-0.2, 0) is 25.4 Å². The number of ether oxygens (including phenoxy) is 2. The Bertz CT molecular complexity index is 520. The van der Waals surface area contributed by atoms with Crippen molar-refractivity contribution >= 4 is 40.5 Å². The fourth-order valence-electron chi connectivity index (χ4n) is 1.33. The number of hydrogen-bond acceptors (Lipinski definition) is 5. The van der Waals surface area contributed by atoms with E-state index in [-0.39, 0.29) is 26.1 Å². The first kappa shape index (κ1) is 17.8. The van der Waals surface area contributed by atoms with Crippen molar-refractivity contribution in [2.75, 3.05) is 6.61 Å². The highest BCUT2D eigenvalue weighted by molar-refractivity contribution is 8.07. The zero-order chi connectivity index (χ0) is 15.7. The number of rotatable bonds is 7. The summed E-state index contributed by atoms with van der Waals surface area (Å²) in [4.78, 5) is 22.4. The zero-order valence-electron chi connectivity index (χ0n) is 11.0. The number of benzene rings is 1. The third-order valence-corrected chi connectivity index (χ3v) is 3.17. The number of nitrogens with one attached hydrogen (secondary N) is 1. The fourth-order valence-corrected chi connectivity index (χ4v) is 2.02. The van der Waals surface area contributed by atoms with Crippen molar-refractivity contribution in [3.8, 4) is 0 Å². The lowest BCUT2D eigenvalue weighted by Crippen LogP contribution is -2.19. The first-order valence-corrected chi connectivity index (χ1v) is 9.52. The van der Waals surface area contributed by atoms with E-state index in [2.05, 4.69) is 4.74 Å².